The van der Waals surface area contributed by atoms with Crippen molar-refractivity contribution in [2.24, 2.45) is 0 Å². The summed E-state index contributed by atoms with van der Waals surface area (Å²) in [6.45, 7) is 6.05. The lowest BCUT2D eigenvalue weighted by Gasteiger charge is -2.35. The van der Waals surface area contributed by atoms with Gasteiger partial charge in [0.05, 0.1) is 12.6 Å². The largest absolute Gasteiger partial charge is 0.376 e. The van der Waals surface area contributed by atoms with Crippen molar-refractivity contribution in [3.8, 4) is 0 Å². The Balaban J connectivity index is 1.24. The van der Waals surface area contributed by atoms with E-state index in [9.17, 15) is 4.79 Å². The number of piperazine rings is 1. The van der Waals surface area contributed by atoms with Crippen molar-refractivity contribution in [2.75, 3.05) is 44.2 Å². The molecular weight excluding hydrogens is 396 g/mol. The molecule has 0 radical (unpaired) electrons. The van der Waals surface area contributed by atoms with Gasteiger partial charge in [0.25, 0.3) is 5.91 Å². The molecule has 2 aliphatic heterocycles. The number of hydrogen-bond acceptors (Lipinski definition) is 6. The highest BCUT2D eigenvalue weighted by Crippen LogP contribution is 2.21. The van der Waals surface area contributed by atoms with Gasteiger partial charge in [-0.05, 0) is 37.1 Å². The van der Waals surface area contributed by atoms with Crippen LogP contribution in [0.2, 0.25) is 5.02 Å². The van der Waals surface area contributed by atoms with Gasteiger partial charge in [0, 0.05) is 55.4 Å². The maximum absolute atomic E-state index is 12.3. The van der Waals surface area contributed by atoms with Gasteiger partial charge < -0.3 is 15.0 Å². The number of aromatic nitrogens is 1. The van der Waals surface area contributed by atoms with Crippen LogP contribution in [-0.2, 0) is 11.3 Å². The van der Waals surface area contributed by atoms with Gasteiger partial charge in [-0.25, -0.2) is 4.98 Å². The zero-order chi connectivity index (χ0) is 19.3. The molecule has 2 fully saturated rings. The van der Waals surface area contributed by atoms with E-state index in [2.05, 4.69) is 32.2 Å². The van der Waals surface area contributed by atoms with E-state index in [1.807, 2.05) is 17.5 Å². The Hall–Kier alpha value is -1.67. The van der Waals surface area contributed by atoms with Crippen molar-refractivity contribution in [3.05, 3.63) is 45.4 Å². The molecule has 1 amide bonds. The topological polar surface area (TPSA) is 57.7 Å². The third kappa shape index (κ3) is 5.03. The zero-order valence-corrected chi connectivity index (χ0v) is 17.3. The van der Waals surface area contributed by atoms with Gasteiger partial charge in [-0.2, -0.15) is 0 Å². The van der Waals surface area contributed by atoms with E-state index in [0.29, 0.717) is 12.2 Å². The van der Waals surface area contributed by atoms with Crippen LogP contribution in [0.3, 0.4) is 0 Å². The molecule has 8 heteroatoms. The third-order valence-corrected chi connectivity index (χ3v) is 6.31. The normalized spacial score (nSPS) is 20.5. The Kier molecular flexibility index (Phi) is 6.47. The number of benzene rings is 1. The highest BCUT2D eigenvalue weighted by Gasteiger charge is 2.20. The molecule has 0 saturated carbocycles. The van der Waals surface area contributed by atoms with Gasteiger partial charge in [0.15, 0.2) is 0 Å². The number of hydrogen-bond donors (Lipinski definition) is 1. The summed E-state index contributed by atoms with van der Waals surface area (Å²) in [7, 11) is 0. The van der Waals surface area contributed by atoms with Crippen LogP contribution in [0.25, 0.3) is 0 Å². The fraction of sp³-hybridized carbons (Fsp3) is 0.500. The number of halogens is 1. The van der Waals surface area contributed by atoms with E-state index in [1.165, 1.54) is 5.69 Å². The molecule has 4 rings (SSSR count). The lowest BCUT2D eigenvalue weighted by Crippen LogP contribution is -2.45. The van der Waals surface area contributed by atoms with Crippen molar-refractivity contribution >= 4 is 34.5 Å². The fourth-order valence-corrected chi connectivity index (χ4v) is 4.54. The van der Waals surface area contributed by atoms with Crippen LogP contribution >= 0.6 is 22.9 Å². The summed E-state index contributed by atoms with van der Waals surface area (Å²) in [6, 6.07) is 8.01. The Labute approximate surface area is 174 Å². The Bertz CT molecular complexity index is 784. The van der Waals surface area contributed by atoms with Gasteiger partial charge in [-0.15, -0.1) is 11.3 Å². The molecule has 2 aliphatic rings. The average Bonchev–Trinajstić information content (AvgIpc) is 3.40. The molecule has 1 aromatic heterocycles. The highest BCUT2D eigenvalue weighted by atomic mass is 35.5. The smallest absolute Gasteiger partial charge is 0.270 e. The summed E-state index contributed by atoms with van der Waals surface area (Å²) >= 11 is 7.53. The molecule has 0 bridgehead atoms. The fourth-order valence-electron chi connectivity index (χ4n) is 3.60. The summed E-state index contributed by atoms with van der Waals surface area (Å²) < 4.78 is 5.54. The molecule has 150 valence electrons. The number of amides is 1. The minimum absolute atomic E-state index is 0.106. The van der Waals surface area contributed by atoms with Gasteiger partial charge in [-0.3, -0.25) is 9.69 Å². The van der Waals surface area contributed by atoms with Crippen LogP contribution in [0.15, 0.2) is 29.6 Å². The molecule has 6 nitrogen and oxygen atoms in total. The Morgan fingerprint density at radius 1 is 1.25 bits per heavy atom. The molecule has 2 saturated heterocycles. The van der Waals surface area contributed by atoms with Gasteiger partial charge >= 0.3 is 0 Å². The van der Waals surface area contributed by atoms with Crippen molar-refractivity contribution in [3.63, 3.8) is 0 Å². The lowest BCUT2D eigenvalue weighted by atomic mass is 10.2. The minimum Gasteiger partial charge on any atom is -0.376 e. The molecule has 0 spiro atoms. The number of carbonyl (C=O) groups is 1. The first kappa shape index (κ1) is 19.6. The summed E-state index contributed by atoms with van der Waals surface area (Å²) in [5, 5.41) is 6.54. The second kappa shape index (κ2) is 9.22. The number of carbonyl (C=O) groups excluding carboxylic acids is 1. The predicted molar refractivity (Wildman–Crippen MR) is 112 cm³/mol. The number of thiazole rings is 1. The maximum atomic E-state index is 12.3. The Morgan fingerprint density at radius 3 is 2.75 bits per heavy atom. The third-order valence-electron chi connectivity index (χ3n) is 5.22. The van der Waals surface area contributed by atoms with Crippen LogP contribution in [0.4, 0.5) is 5.69 Å². The van der Waals surface area contributed by atoms with Crippen LogP contribution in [0.1, 0.15) is 28.3 Å². The van der Waals surface area contributed by atoms with Crippen LogP contribution in [-0.4, -0.2) is 61.2 Å². The van der Waals surface area contributed by atoms with Crippen molar-refractivity contribution in [1.29, 1.82) is 0 Å². The van der Waals surface area contributed by atoms with Crippen LogP contribution < -0.4 is 10.2 Å². The van der Waals surface area contributed by atoms with E-state index < -0.39 is 0 Å². The van der Waals surface area contributed by atoms with E-state index >= 15 is 0 Å². The first-order chi connectivity index (χ1) is 13.7. The molecule has 1 aromatic carbocycles. The van der Waals surface area contributed by atoms with Crippen LogP contribution in [0, 0.1) is 0 Å². The van der Waals surface area contributed by atoms with Crippen molar-refractivity contribution in [2.45, 2.75) is 25.5 Å². The zero-order valence-electron chi connectivity index (χ0n) is 15.8. The minimum atomic E-state index is -0.106. The van der Waals surface area contributed by atoms with E-state index in [1.54, 1.807) is 11.3 Å². The van der Waals surface area contributed by atoms with Crippen molar-refractivity contribution in [1.82, 2.24) is 15.2 Å². The second-order valence-corrected chi connectivity index (χ2v) is 8.59. The number of ether oxygens (including phenoxy) is 1. The lowest BCUT2D eigenvalue weighted by molar-refractivity contribution is 0.0854. The summed E-state index contributed by atoms with van der Waals surface area (Å²) in [6.07, 6.45) is 2.25. The van der Waals surface area contributed by atoms with E-state index in [4.69, 9.17) is 16.3 Å². The van der Waals surface area contributed by atoms with E-state index in [0.717, 1.165) is 62.2 Å². The molecule has 1 N–H and O–H groups in total. The Morgan fingerprint density at radius 2 is 2.04 bits per heavy atom. The summed E-state index contributed by atoms with van der Waals surface area (Å²) in [5.41, 5.74) is 1.72. The summed E-state index contributed by atoms with van der Waals surface area (Å²) in [5.74, 6) is -0.106. The maximum Gasteiger partial charge on any atom is 0.270 e. The molecule has 28 heavy (non-hydrogen) atoms. The number of nitrogens with zero attached hydrogens (tertiary/aromatic N) is 3. The van der Waals surface area contributed by atoms with Crippen molar-refractivity contribution < 1.29 is 9.53 Å². The SMILES string of the molecule is O=C(NCC1CCCO1)c1csc(CN2CCN(c3ccc(Cl)cc3)CC2)n1. The molecule has 1 atom stereocenters. The van der Waals surface area contributed by atoms with E-state index in [-0.39, 0.29) is 12.0 Å². The average molecular weight is 421 g/mol. The molecular formula is C20H25ClN4O2S. The summed E-state index contributed by atoms with van der Waals surface area (Å²) in [4.78, 5) is 21.6. The van der Waals surface area contributed by atoms with Gasteiger partial charge in [0.2, 0.25) is 0 Å². The number of anilines is 1. The number of rotatable bonds is 6. The van der Waals surface area contributed by atoms with Gasteiger partial charge in [0.1, 0.15) is 10.7 Å². The first-order valence-corrected chi connectivity index (χ1v) is 11.0. The quantitative estimate of drug-likeness (QED) is 0.778. The van der Waals surface area contributed by atoms with Gasteiger partial charge in [-0.1, -0.05) is 11.6 Å². The van der Waals surface area contributed by atoms with Crippen LogP contribution in [0.5, 0.6) is 0 Å². The first-order valence-electron chi connectivity index (χ1n) is 9.74. The molecule has 1 unspecified atom stereocenters. The predicted octanol–water partition coefficient (Wildman–Crippen LogP) is 3.03. The second-order valence-electron chi connectivity index (χ2n) is 7.21. The standard InChI is InChI=1S/C20H25ClN4O2S/c21-15-3-5-16(6-4-15)25-9-7-24(8-10-25)13-19-23-18(14-28-19)20(26)22-12-17-2-1-11-27-17/h3-6,14,17H,1-2,7-13H2,(H,22,26). The molecule has 0 aliphatic carbocycles. The molecule has 3 heterocycles. The molecule has 2 aromatic rings. The highest BCUT2D eigenvalue weighted by molar-refractivity contribution is 7.09. The monoisotopic (exact) mass is 420 g/mol. The number of nitrogens with one attached hydrogen (secondary N) is 1.